The number of aryl methyl sites for hydroxylation is 1. The van der Waals surface area contributed by atoms with Gasteiger partial charge in [-0.25, -0.2) is 0 Å². The van der Waals surface area contributed by atoms with Crippen molar-refractivity contribution in [2.45, 2.75) is 37.5 Å². The predicted octanol–water partition coefficient (Wildman–Crippen LogP) is 3.27. The number of rotatable bonds is 5. The Morgan fingerprint density at radius 1 is 1.24 bits per heavy atom. The quantitative estimate of drug-likeness (QED) is 0.837. The standard InChI is InChI=1S/C15H17F3O3/c16-15(17,18)14(8-9-20-11-21-14)10-13(19)7-6-12-4-2-1-3-5-12/h1-5H,6-11H2. The van der Waals surface area contributed by atoms with Gasteiger partial charge in [0.2, 0.25) is 0 Å². The van der Waals surface area contributed by atoms with Crippen LogP contribution in [0.5, 0.6) is 0 Å². The molecule has 1 aliphatic rings. The maximum Gasteiger partial charge on any atom is 0.418 e. The van der Waals surface area contributed by atoms with E-state index in [1.807, 2.05) is 30.3 Å². The van der Waals surface area contributed by atoms with Crippen LogP contribution in [0, 0.1) is 0 Å². The second-order valence-electron chi connectivity index (χ2n) is 5.11. The first kappa shape index (κ1) is 16.0. The van der Waals surface area contributed by atoms with Gasteiger partial charge < -0.3 is 9.47 Å². The van der Waals surface area contributed by atoms with E-state index in [0.29, 0.717) is 6.42 Å². The van der Waals surface area contributed by atoms with E-state index in [0.717, 1.165) is 5.56 Å². The Bertz CT molecular complexity index is 465. The molecule has 0 bridgehead atoms. The summed E-state index contributed by atoms with van der Waals surface area (Å²) in [4.78, 5) is 11.9. The highest BCUT2D eigenvalue weighted by atomic mass is 19.4. The monoisotopic (exact) mass is 302 g/mol. The number of hydrogen-bond donors (Lipinski definition) is 0. The summed E-state index contributed by atoms with van der Waals surface area (Å²) in [6.07, 6.45) is -5.05. The number of hydrogen-bond acceptors (Lipinski definition) is 3. The lowest BCUT2D eigenvalue weighted by molar-refractivity contribution is -0.323. The summed E-state index contributed by atoms with van der Waals surface area (Å²) in [7, 11) is 0. The van der Waals surface area contributed by atoms with Gasteiger partial charge in [-0.05, 0) is 12.0 Å². The summed E-state index contributed by atoms with van der Waals surface area (Å²) < 4.78 is 49.1. The van der Waals surface area contributed by atoms with Crippen molar-refractivity contribution in [1.82, 2.24) is 0 Å². The van der Waals surface area contributed by atoms with Crippen LogP contribution in [0.3, 0.4) is 0 Å². The molecule has 1 fully saturated rings. The van der Waals surface area contributed by atoms with Crippen LogP contribution in [-0.4, -0.2) is 31.0 Å². The summed E-state index contributed by atoms with van der Waals surface area (Å²) in [5, 5.41) is 0. The van der Waals surface area contributed by atoms with Gasteiger partial charge in [0.25, 0.3) is 0 Å². The van der Waals surface area contributed by atoms with Crippen LogP contribution in [0.2, 0.25) is 0 Å². The third-order valence-corrected chi connectivity index (χ3v) is 3.60. The van der Waals surface area contributed by atoms with E-state index in [2.05, 4.69) is 0 Å². The number of carbonyl (C=O) groups is 1. The molecule has 0 radical (unpaired) electrons. The lowest BCUT2D eigenvalue weighted by Gasteiger charge is -2.38. The fourth-order valence-corrected chi connectivity index (χ4v) is 2.32. The fourth-order valence-electron chi connectivity index (χ4n) is 2.32. The highest BCUT2D eigenvalue weighted by Crippen LogP contribution is 2.41. The maximum atomic E-state index is 13.2. The van der Waals surface area contributed by atoms with Gasteiger partial charge in [-0.15, -0.1) is 0 Å². The van der Waals surface area contributed by atoms with Crippen LogP contribution in [0.4, 0.5) is 13.2 Å². The van der Waals surface area contributed by atoms with Crippen molar-refractivity contribution in [1.29, 1.82) is 0 Å². The van der Waals surface area contributed by atoms with Gasteiger partial charge >= 0.3 is 6.18 Å². The van der Waals surface area contributed by atoms with Gasteiger partial charge in [0, 0.05) is 19.3 Å². The Balaban J connectivity index is 1.95. The van der Waals surface area contributed by atoms with E-state index in [-0.39, 0.29) is 19.4 Å². The van der Waals surface area contributed by atoms with Crippen molar-refractivity contribution in [3.63, 3.8) is 0 Å². The van der Waals surface area contributed by atoms with Gasteiger partial charge in [-0.3, -0.25) is 4.79 Å². The molecule has 1 aliphatic heterocycles. The molecule has 1 unspecified atom stereocenters. The molecular formula is C15H17F3O3. The summed E-state index contributed by atoms with van der Waals surface area (Å²) >= 11 is 0. The lowest BCUT2D eigenvalue weighted by atomic mass is 9.90. The van der Waals surface area contributed by atoms with Gasteiger partial charge in [-0.1, -0.05) is 30.3 Å². The van der Waals surface area contributed by atoms with Crippen LogP contribution in [0.1, 0.15) is 24.8 Å². The van der Waals surface area contributed by atoms with Crippen LogP contribution in [0.25, 0.3) is 0 Å². The van der Waals surface area contributed by atoms with E-state index in [1.54, 1.807) is 0 Å². The normalized spacial score (nSPS) is 23.0. The fraction of sp³-hybridized carbons (Fsp3) is 0.533. The van der Waals surface area contributed by atoms with Gasteiger partial charge in [0.1, 0.15) is 12.6 Å². The van der Waals surface area contributed by atoms with Crippen molar-refractivity contribution in [3.05, 3.63) is 35.9 Å². The van der Waals surface area contributed by atoms with Gasteiger partial charge in [0.15, 0.2) is 5.60 Å². The topological polar surface area (TPSA) is 35.5 Å². The molecule has 0 N–H and O–H groups in total. The van der Waals surface area contributed by atoms with E-state index in [4.69, 9.17) is 9.47 Å². The minimum absolute atomic E-state index is 0.0501. The molecule has 3 nitrogen and oxygen atoms in total. The van der Waals surface area contributed by atoms with Crippen molar-refractivity contribution in [2.75, 3.05) is 13.4 Å². The Hall–Kier alpha value is -1.40. The van der Waals surface area contributed by atoms with Crippen LogP contribution in [-0.2, 0) is 20.7 Å². The molecule has 0 saturated carbocycles. The minimum Gasteiger partial charge on any atom is -0.355 e. The molecule has 21 heavy (non-hydrogen) atoms. The summed E-state index contributed by atoms with van der Waals surface area (Å²) in [5.74, 6) is -0.446. The zero-order chi connectivity index (χ0) is 15.3. The van der Waals surface area contributed by atoms with Crippen molar-refractivity contribution in [3.8, 4) is 0 Å². The Morgan fingerprint density at radius 3 is 2.52 bits per heavy atom. The molecule has 116 valence electrons. The average molecular weight is 302 g/mol. The molecule has 0 aliphatic carbocycles. The van der Waals surface area contributed by atoms with Gasteiger partial charge in [0.05, 0.1) is 6.61 Å². The number of halogens is 3. The highest BCUT2D eigenvalue weighted by molar-refractivity contribution is 5.79. The number of ketones is 1. The molecule has 1 saturated heterocycles. The number of Topliss-reactive ketones (excluding diaryl/α,β-unsaturated/α-hetero) is 1. The highest BCUT2D eigenvalue weighted by Gasteiger charge is 2.57. The zero-order valence-corrected chi connectivity index (χ0v) is 11.5. The molecule has 6 heteroatoms. The Morgan fingerprint density at radius 2 is 1.95 bits per heavy atom. The molecule has 1 heterocycles. The van der Waals surface area contributed by atoms with Crippen molar-refractivity contribution in [2.24, 2.45) is 0 Å². The molecule has 1 aromatic carbocycles. The molecule has 1 aromatic rings. The predicted molar refractivity (Wildman–Crippen MR) is 69.7 cm³/mol. The first-order valence-electron chi connectivity index (χ1n) is 6.77. The molecule has 0 aromatic heterocycles. The first-order valence-corrected chi connectivity index (χ1v) is 6.77. The minimum atomic E-state index is -4.57. The third kappa shape index (κ3) is 4.04. The van der Waals surface area contributed by atoms with Crippen LogP contribution >= 0.6 is 0 Å². The van der Waals surface area contributed by atoms with Crippen molar-refractivity contribution < 1.29 is 27.4 Å². The van der Waals surface area contributed by atoms with E-state index in [9.17, 15) is 18.0 Å². The maximum absolute atomic E-state index is 13.2. The van der Waals surface area contributed by atoms with E-state index < -0.39 is 30.8 Å². The number of ether oxygens (including phenoxy) is 2. The Labute approximate surface area is 121 Å². The largest absolute Gasteiger partial charge is 0.418 e. The first-order chi connectivity index (χ1) is 9.93. The van der Waals surface area contributed by atoms with Gasteiger partial charge in [-0.2, -0.15) is 13.2 Å². The van der Waals surface area contributed by atoms with E-state index in [1.165, 1.54) is 0 Å². The lowest BCUT2D eigenvalue weighted by Crippen LogP contribution is -2.52. The third-order valence-electron chi connectivity index (χ3n) is 3.60. The summed E-state index contributed by atoms with van der Waals surface area (Å²) in [6.45, 7) is -0.475. The molecule has 1 atom stereocenters. The van der Waals surface area contributed by atoms with E-state index >= 15 is 0 Å². The molecule has 2 rings (SSSR count). The van der Waals surface area contributed by atoms with Crippen LogP contribution < -0.4 is 0 Å². The Kier molecular flexibility index (Phi) is 5.00. The second kappa shape index (κ2) is 6.58. The SMILES string of the molecule is O=C(CCc1ccccc1)CC1(C(F)(F)F)CCOCO1. The zero-order valence-electron chi connectivity index (χ0n) is 11.5. The smallest absolute Gasteiger partial charge is 0.355 e. The average Bonchev–Trinajstić information content (AvgIpc) is 2.46. The molecular weight excluding hydrogens is 285 g/mol. The van der Waals surface area contributed by atoms with Crippen LogP contribution in [0.15, 0.2) is 30.3 Å². The molecule has 0 amide bonds. The summed E-state index contributed by atoms with van der Waals surface area (Å²) in [5.41, 5.74) is -1.46. The number of carbonyl (C=O) groups excluding carboxylic acids is 1. The number of alkyl halides is 3. The second-order valence-corrected chi connectivity index (χ2v) is 5.11. The molecule has 0 spiro atoms. The van der Waals surface area contributed by atoms with Crippen molar-refractivity contribution >= 4 is 5.78 Å². The summed E-state index contributed by atoms with van der Waals surface area (Å²) in [6, 6.07) is 9.20. The number of benzene rings is 1.